The summed E-state index contributed by atoms with van der Waals surface area (Å²) in [5.74, 6) is 0.377. The number of hydrogen-bond acceptors (Lipinski definition) is 6. The predicted octanol–water partition coefficient (Wildman–Crippen LogP) is 3.02. The second kappa shape index (κ2) is 8.00. The van der Waals surface area contributed by atoms with Crippen LogP contribution in [-0.4, -0.2) is 41.6 Å². The minimum absolute atomic E-state index is 0.241. The maximum absolute atomic E-state index is 12.8. The highest BCUT2D eigenvalue weighted by Crippen LogP contribution is 2.45. The lowest BCUT2D eigenvalue weighted by molar-refractivity contribution is -0.171. The van der Waals surface area contributed by atoms with Crippen LogP contribution in [-0.2, 0) is 19.1 Å². The number of fused-ring (bicyclic) bond motifs is 1. The smallest absolute Gasteiger partial charge is 0.303 e. The van der Waals surface area contributed by atoms with Gasteiger partial charge in [0.2, 0.25) is 0 Å². The number of esters is 1. The van der Waals surface area contributed by atoms with Crippen LogP contribution in [0.3, 0.4) is 0 Å². The normalized spacial score (nSPS) is 22.1. The first-order valence-corrected chi connectivity index (χ1v) is 9.42. The van der Waals surface area contributed by atoms with Crippen LogP contribution < -0.4 is 4.74 Å². The van der Waals surface area contributed by atoms with Crippen LogP contribution in [0.5, 0.6) is 5.75 Å². The van der Waals surface area contributed by atoms with E-state index < -0.39 is 23.7 Å². The van der Waals surface area contributed by atoms with Crippen LogP contribution in [0.1, 0.15) is 44.4 Å². The predicted molar refractivity (Wildman–Crippen MR) is 105 cm³/mol. The molecule has 0 spiro atoms. The van der Waals surface area contributed by atoms with Crippen molar-refractivity contribution in [1.29, 1.82) is 5.26 Å². The van der Waals surface area contributed by atoms with Gasteiger partial charge in [0, 0.05) is 18.6 Å². The highest BCUT2D eigenvalue weighted by Gasteiger charge is 2.50. The molecule has 3 rings (SSSR count). The molecule has 0 aromatic heterocycles. The van der Waals surface area contributed by atoms with Crippen molar-refractivity contribution < 1.29 is 23.8 Å². The molecule has 0 aliphatic carbocycles. The summed E-state index contributed by atoms with van der Waals surface area (Å²) < 4.78 is 17.4. The molecular weight excluding hydrogens is 372 g/mol. The second-order valence-electron chi connectivity index (χ2n) is 7.55. The molecule has 1 aromatic carbocycles. The number of rotatable bonds is 6. The summed E-state index contributed by atoms with van der Waals surface area (Å²) in [5.41, 5.74) is 0.175. The van der Waals surface area contributed by atoms with Gasteiger partial charge in [-0.1, -0.05) is 6.08 Å². The van der Waals surface area contributed by atoms with Gasteiger partial charge in [0.15, 0.2) is 6.10 Å². The molecule has 1 amide bonds. The van der Waals surface area contributed by atoms with Crippen molar-refractivity contribution in [2.24, 2.45) is 0 Å². The fourth-order valence-electron chi connectivity index (χ4n) is 3.65. The van der Waals surface area contributed by atoms with Crippen molar-refractivity contribution in [3.63, 3.8) is 0 Å². The average molecular weight is 396 g/mol. The Morgan fingerprint density at radius 3 is 2.90 bits per heavy atom. The highest BCUT2D eigenvalue weighted by atomic mass is 16.6. The maximum Gasteiger partial charge on any atom is 0.303 e. The van der Waals surface area contributed by atoms with E-state index in [1.807, 2.05) is 13.8 Å². The van der Waals surface area contributed by atoms with E-state index in [4.69, 9.17) is 14.2 Å². The topological polar surface area (TPSA) is 88.9 Å². The minimum atomic E-state index is -0.885. The van der Waals surface area contributed by atoms with Gasteiger partial charge in [-0.3, -0.25) is 9.59 Å². The monoisotopic (exact) mass is 396 g/mol. The van der Waals surface area contributed by atoms with Crippen LogP contribution in [0.4, 0.5) is 0 Å². The van der Waals surface area contributed by atoms with Crippen molar-refractivity contribution >= 4 is 11.9 Å². The number of ether oxygens (including phenoxy) is 3. The zero-order chi connectivity index (χ0) is 21.2. The van der Waals surface area contributed by atoms with Gasteiger partial charge in [-0.05, 0) is 38.5 Å². The third-order valence-electron chi connectivity index (χ3n) is 4.93. The molecule has 2 aliphatic heterocycles. The summed E-state index contributed by atoms with van der Waals surface area (Å²) in [5, 5.41) is 9.32. The van der Waals surface area contributed by atoms with Crippen LogP contribution in [0, 0.1) is 11.3 Å². The van der Waals surface area contributed by atoms with Crippen LogP contribution in [0.15, 0.2) is 42.7 Å². The van der Waals surface area contributed by atoms with Crippen LogP contribution >= 0.6 is 0 Å². The van der Waals surface area contributed by atoms with E-state index in [2.05, 4.69) is 12.6 Å². The lowest BCUT2D eigenvalue weighted by Crippen LogP contribution is -2.55. The molecule has 7 nitrogen and oxygen atoms in total. The Labute approximate surface area is 170 Å². The van der Waals surface area contributed by atoms with E-state index in [9.17, 15) is 14.9 Å². The SMILES string of the molecule is C=CCCOC1=CC(=O)N(C2c3cc(C#N)ccc3OC(C)(C)C2OC(C)=O)C1. The van der Waals surface area contributed by atoms with Gasteiger partial charge in [-0.25, -0.2) is 0 Å². The number of carbonyl (C=O) groups excluding carboxylic acids is 2. The number of nitriles is 1. The molecular formula is C22H24N2O5. The van der Waals surface area contributed by atoms with Gasteiger partial charge in [-0.15, -0.1) is 6.58 Å². The molecule has 29 heavy (non-hydrogen) atoms. The van der Waals surface area contributed by atoms with Gasteiger partial charge in [0.25, 0.3) is 5.91 Å². The standard InChI is InChI=1S/C22H24N2O5/c1-5-6-9-27-16-11-19(26)24(13-16)20-17-10-15(12-23)7-8-18(17)29-22(3,4)21(20)28-14(2)25/h5,7-8,10-11,20-21H,1,6,9,13H2,2-4H3. The first-order chi connectivity index (χ1) is 13.8. The average Bonchev–Trinajstić information content (AvgIpc) is 3.02. The maximum atomic E-state index is 12.8. The molecule has 2 unspecified atom stereocenters. The molecule has 2 atom stereocenters. The quantitative estimate of drug-likeness (QED) is 0.417. The summed E-state index contributed by atoms with van der Waals surface area (Å²) in [6.07, 6.45) is 3.10. The lowest BCUT2D eigenvalue weighted by atomic mass is 9.84. The molecule has 0 saturated heterocycles. The van der Waals surface area contributed by atoms with Gasteiger partial charge < -0.3 is 19.1 Å². The summed E-state index contributed by atoms with van der Waals surface area (Å²) in [6.45, 7) is 9.27. The third-order valence-corrected chi connectivity index (χ3v) is 4.93. The Balaban J connectivity index is 2.01. The molecule has 0 bridgehead atoms. The number of benzene rings is 1. The van der Waals surface area contributed by atoms with E-state index in [0.29, 0.717) is 35.7 Å². The molecule has 0 radical (unpaired) electrons. The Kier molecular flexibility index (Phi) is 5.64. The zero-order valence-electron chi connectivity index (χ0n) is 16.8. The molecule has 0 N–H and O–H groups in total. The fraction of sp³-hybridized carbons (Fsp3) is 0.409. The van der Waals surface area contributed by atoms with E-state index in [-0.39, 0.29) is 12.5 Å². The van der Waals surface area contributed by atoms with E-state index in [0.717, 1.165) is 0 Å². The van der Waals surface area contributed by atoms with Crippen molar-refractivity contribution in [3.05, 3.63) is 53.8 Å². The highest BCUT2D eigenvalue weighted by molar-refractivity contribution is 5.91. The molecule has 1 aromatic rings. The van der Waals surface area contributed by atoms with E-state index in [1.54, 1.807) is 29.2 Å². The Bertz CT molecular complexity index is 912. The summed E-state index contributed by atoms with van der Waals surface area (Å²) in [7, 11) is 0. The van der Waals surface area contributed by atoms with E-state index in [1.165, 1.54) is 13.0 Å². The Morgan fingerprint density at radius 2 is 2.24 bits per heavy atom. The molecule has 7 heteroatoms. The van der Waals surface area contributed by atoms with Gasteiger partial charge >= 0.3 is 5.97 Å². The summed E-state index contributed by atoms with van der Waals surface area (Å²) in [6, 6.07) is 6.53. The number of hydrogen-bond donors (Lipinski definition) is 0. The van der Waals surface area contributed by atoms with E-state index >= 15 is 0 Å². The summed E-state index contributed by atoms with van der Waals surface area (Å²) >= 11 is 0. The largest absolute Gasteiger partial charge is 0.496 e. The van der Waals surface area contributed by atoms with Crippen molar-refractivity contribution in [1.82, 2.24) is 4.90 Å². The molecule has 0 saturated carbocycles. The fourth-order valence-corrected chi connectivity index (χ4v) is 3.65. The summed E-state index contributed by atoms with van der Waals surface area (Å²) in [4.78, 5) is 26.3. The third kappa shape index (κ3) is 4.11. The molecule has 2 heterocycles. The van der Waals surface area contributed by atoms with Crippen molar-refractivity contribution in [2.75, 3.05) is 13.2 Å². The first kappa shape index (κ1) is 20.5. The second-order valence-corrected chi connectivity index (χ2v) is 7.55. The van der Waals surface area contributed by atoms with Crippen LogP contribution in [0.2, 0.25) is 0 Å². The van der Waals surface area contributed by atoms with Crippen molar-refractivity contribution in [3.8, 4) is 11.8 Å². The molecule has 152 valence electrons. The van der Waals surface area contributed by atoms with Crippen LogP contribution in [0.25, 0.3) is 0 Å². The Hall–Kier alpha value is -3.27. The molecule has 2 aliphatic rings. The Morgan fingerprint density at radius 1 is 1.48 bits per heavy atom. The van der Waals surface area contributed by atoms with Gasteiger partial charge in [-0.2, -0.15) is 5.26 Å². The molecule has 0 fully saturated rings. The number of amides is 1. The first-order valence-electron chi connectivity index (χ1n) is 9.42. The lowest BCUT2D eigenvalue weighted by Gasteiger charge is -2.46. The van der Waals surface area contributed by atoms with Crippen molar-refractivity contribution in [2.45, 2.75) is 44.9 Å². The zero-order valence-corrected chi connectivity index (χ0v) is 16.8. The number of carbonyl (C=O) groups is 2. The number of nitrogens with zero attached hydrogens (tertiary/aromatic N) is 2. The van der Waals surface area contributed by atoms with Gasteiger partial charge in [0.05, 0.1) is 24.8 Å². The minimum Gasteiger partial charge on any atom is -0.496 e. The van der Waals surface area contributed by atoms with Gasteiger partial charge in [0.1, 0.15) is 23.2 Å².